The third-order valence-corrected chi connectivity index (χ3v) is 10.2. The van der Waals surface area contributed by atoms with Gasteiger partial charge in [-0.1, -0.05) is 146 Å². The lowest BCUT2D eigenvalue weighted by molar-refractivity contribution is -0.132. The fourth-order valence-electron chi connectivity index (χ4n) is 6.76. The summed E-state index contributed by atoms with van der Waals surface area (Å²) in [4.78, 5) is 15.0. The van der Waals surface area contributed by atoms with Crippen LogP contribution in [0.25, 0.3) is 0 Å². The van der Waals surface area contributed by atoms with Gasteiger partial charge in [0.2, 0.25) is 5.91 Å². The monoisotopic (exact) mass is 728 g/mol. The first kappa shape index (κ1) is 48.3. The molecule has 1 unspecified atom stereocenters. The highest BCUT2D eigenvalue weighted by molar-refractivity contribution is 5.82. The fourth-order valence-corrected chi connectivity index (χ4v) is 6.76. The van der Waals surface area contributed by atoms with Gasteiger partial charge in [-0.3, -0.25) is 4.79 Å². The maximum atomic E-state index is 13.1. The van der Waals surface area contributed by atoms with Crippen LogP contribution in [-0.2, 0) is 14.3 Å². The lowest BCUT2D eigenvalue weighted by atomic mass is 10.1. The minimum absolute atomic E-state index is 0.0270. The van der Waals surface area contributed by atoms with Gasteiger partial charge < -0.3 is 25.8 Å². The van der Waals surface area contributed by atoms with Gasteiger partial charge in [0.1, 0.15) is 12.2 Å². The quantitative estimate of drug-likeness (QED) is 0.0491. The predicted molar refractivity (Wildman–Crippen MR) is 226 cm³/mol. The molecule has 1 heterocycles. The molecule has 1 saturated heterocycles. The molecular weight excluding hydrogens is 643 g/mol. The first-order valence-corrected chi connectivity index (χ1v) is 22.2. The van der Waals surface area contributed by atoms with E-state index in [2.05, 4.69) is 62.5 Å². The molecule has 1 aliphatic rings. The highest BCUT2D eigenvalue weighted by atomic mass is 16.5. The number of nitrogens with zero attached hydrogens (tertiary/aromatic N) is 1. The molecular formula is C46H85N3O3. The van der Waals surface area contributed by atoms with Gasteiger partial charge in [-0.05, 0) is 96.4 Å². The summed E-state index contributed by atoms with van der Waals surface area (Å²) in [5, 5.41) is 0. The van der Waals surface area contributed by atoms with E-state index in [1.54, 1.807) is 0 Å². The molecule has 1 amide bonds. The Bertz CT molecular complexity index is 843. The summed E-state index contributed by atoms with van der Waals surface area (Å²) >= 11 is 0. The van der Waals surface area contributed by atoms with Crippen LogP contribution >= 0.6 is 0 Å². The first-order chi connectivity index (χ1) is 25.6. The zero-order valence-electron chi connectivity index (χ0n) is 34.3. The van der Waals surface area contributed by atoms with Crippen molar-refractivity contribution in [3.8, 4) is 0 Å². The molecule has 6 heteroatoms. The van der Waals surface area contributed by atoms with Crippen molar-refractivity contribution in [2.24, 2.45) is 11.5 Å². The number of allylic oxidation sites excluding steroid dienone is 8. The van der Waals surface area contributed by atoms with Crippen molar-refractivity contribution >= 4 is 5.91 Å². The van der Waals surface area contributed by atoms with E-state index in [1.165, 1.54) is 128 Å². The third kappa shape index (κ3) is 28.7. The molecule has 0 aromatic heterocycles. The van der Waals surface area contributed by atoms with Crippen molar-refractivity contribution in [3.63, 3.8) is 0 Å². The Kier molecular flexibility index (Phi) is 34.9. The average molecular weight is 728 g/mol. The maximum Gasteiger partial charge on any atom is 0.239 e. The third-order valence-electron chi connectivity index (χ3n) is 10.2. The van der Waals surface area contributed by atoms with E-state index in [1.807, 2.05) is 4.90 Å². The molecule has 1 fully saturated rings. The number of hydrogen-bond acceptors (Lipinski definition) is 5. The van der Waals surface area contributed by atoms with E-state index >= 15 is 0 Å². The highest BCUT2D eigenvalue weighted by Crippen LogP contribution is 2.20. The smallest absolute Gasteiger partial charge is 0.239 e. The average Bonchev–Trinajstić information content (AvgIpc) is 3.56. The summed E-state index contributed by atoms with van der Waals surface area (Å²) in [5.41, 5.74) is 11.9. The summed E-state index contributed by atoms with van der Waals surface area (Å²) in [5.74, 6) is 0.0270. The van der Waals surface area contributed by atoms with Crippen molar-refractivity contribution in [3.05, 3.63) is 48.6 Å². The molecule has 1 rings (SSSR count). The second-order valence-corrected chi connectivity index (χ2v) is 15.1. The summed E-state index contributed by atoms with van der Waals surface area (Å²) in [7, 11) is 0. The van der Waals surface area contributed by atoms with Crippen LogP contribution in [0.4, 0.5) is 0 Å². The molecule has 302 valence electrons. The second kappa shape index (κ2) is 37.6. The number of nitrogens with two attached hydrogens (primary N) is 2. The molecule has 0 radical (unpaired) electrons. The molecule has 0 aromatic carbocycles. The number of unbranched alkanes of at least 4 members (excludes halogenated alkanes) is 19. The number of likely N-dealkylation sites (tertiary alicyclic amines) is 1. The fraction of sp³-hybridized carbons (Fsp3) is 0.804. The summed E-state index contributed by atoms with van der Waals surface area (Å²) in [6.45, 7) is 7.78. The lowest BCUT2D eigenvalue weighted by Gasteiger charge is -2.20. The Morgan fingerprint density at radius 2 is 0.942 bits per heavy atom. The number of amides is 1. The zero-order chi connectivity index (χ0) is 37.6. The van der Waals surface area contributed by atoms with Gasteiger partial charge in [-0.2, -0.15) is 0 Å². The van der Waals surface area contributed by atoms with Gasteiger partial charge in [0.25, 0.3) is 0 Å². The predicted octanol–water partition coefficient (Wildman–Crippen LogP) is 11.7. The van der Waals surface area contributed by atoms with Crippen LogP contribution < -0.4 is 11.5 Å². The molecule has 0 aliphatic carbocycles. The molecule has 0 bridgehead atoms. The lowest BCUT2D eigenvalue weighted by Crippen LogP contribution is -2.43. The van der Waals surface area contributed by atoms with Crippen molar-refractivity contribution in [1.29, 1.82) is 0 Å². The number of hydrogen-bond donors (Lipinski definition) is 2. The van der Waals surface area contributed by atoms with Gasteiger partial charge in [0, 0.05) is 26.3 Å². The maximum absolute atomic E-state index is 13.1. The zero-order valence-corrected chi connectivity index (χ0v) is 34.3. The molecule has 6 nitrogen and oxygen atoms in total. The van der Waals surface area contributed by atoms with E-state index in [4.69, 9.17) is 20.9 Å². The number of carbonyl (C=O) groups excluding carboxylic acids is 1. The molecule has 0 saturated carbocycles. The normalized spacial score (nSPS) is 17.3. The molecule has 52 heavy (non-hydrogen) atoms. The molecule has 0 spiro atoms. The number of carbonyl (C=O) groups is 1. The first-order valence-electron chi connectivity index (χ1n) is 22.2. The van der Waals surface area contributed by atoms with Crippen LogP contribution in [0.2, 0.25) is 0 Å². The van der Waals surface area contributed by atoms with Gasteiger partial charge >= 0.3 is 0 Å². The minimum atomic E-state index is -0.466. The van der Waals surface area contributed by atoms with E-state index in [0.717, 1.165) is 51.7 Å². The largest absolute Gasteiger partial charge is 0.374 e. The summed E-state index contributed by atoms with van der Waals surface area (Å²) < 4.78 is 12.8. The highest BCUT2D eigenvalue weighted by Gasteiger charge is 2.38. The summed E-state index contributed by atoms with van der Waals surface area (Å²) in [6, 6.07) is -0.466. The van der Waals surface area contributed by atoms with Crippen LogP contribution in [-0.4, -0.2) is 61.9 Å². The van der Waals surface area contributed by atoms with Crippen LogP contribution in [0.1, 0.15) is 187 Å². The minimum Gasteiger partial charge on any atom is -0.374 e. The van der Waals surface area contributed by atoms with Crippen LogP contribution in [0.3, 0.4) is 0 Å². The van der Waals surface area contributed by atoms with E-state index < -0.39 is 6.04 Å². The van der Waals surface area contributed by atoms with Crippen molar-refractivity contribution in [2.45, 2.75) is 205 Å². The van der Waals surface area contributed by atoms with E-state index in [-0.39, 0.29) is 18.1 Å². The summed E-state index contributed by atoms with van der Waals surface area (Å²) in [6.07, 6.45) is 50.6. The Balaban J connectivity index is 2.24. The molecule has 4 N–H and O–H groups in total. The standard InChI is InChI=1S/C46H85N3O3/c1-3-5-7-9-11-13-15-17-19-21-23-25-27-29-31-35-39-51-44-41-49(46(50)43(48)37-33-34-38-47)42-45(44)52-40-36-32-30-28-26-24-22-20-18-16-14-12-10-8-6-4-2/h11-14,17-20,43-45H,3-10,15-16,21-42,47-48H2,1-2H3/t43-,44+,45?/m0/s1. The Morgan fingerprint density at radius 1 is 0.558 bits per heavy atom. The topological polar surface area (TPSA) is 90.8 Å². The SMILES string of the molecule is CCCCCC=CCC=CCCCCCCCCOC1CN(C(=O)[C@@H](N)CCCCN)C[C@H]1OCCCCCCCCC=CCC=CCCCCC. The Hall–Kier alpha value is -1.73. The molecule has 0 aromatic rings. The van der Waals surface area contributed by atoms with Crippen molar-refractivity contribution < 1.29 is 14.3 Å². The van der Waals surface area contributed by atoms with Gasteiger partial charge in [0.05, 0.1) is 6.04 Å². The molecule has 1 aliphatic heterocycles. The van der Waals surface area contributed by atoms with Gasteiger partial charge in [0.15, 0.2) is 0 Å². The van der Waals surface area contributed by atoms with Crippen LogP contribution in [0.15, 0.2) is 48.6 Å². The number of ether oxygens (including phenoxy) is 2. The van der Waals surface area contributed by atoms with Crippen LogP contribution in [0, 0.1) is 0 Å². The van der Waals surface area contributed by atoms with Crippen molar-refractivity contribution in [2.75, 3.05) is 32.8 Å². The van der Waals surface area contributed by atoms with E-state index in [9.17, 15) is 4.79 Å². The van der Waals surface area contributed by atoms with Gasteiger partial charge in [-0.15, -0.1) is 0 Å². The molecule has 3 atom stereocenters. The number of rotatable bonds is 37. The second-order valence-electron chi connectivity index (χ2n) is 15.1. The van der Waals surface area contributed by atoms with Crippen molar-refractivity contribution in [1.82, 2.24) is 4.90 Å². The van der Waals surface area contributed by atoms with Crippen LogP contribution in [0.5, 0.6) is 0 Å². The van der Waals surface area contributed by atoms with E-state index in [0.29, 0.717) is 26.1 Å². The van der Waals surface area contributed by atoms with Gasteiger partial charge in [-0.25, -0.2) is 0 Å². The Labute approximate surface area is 322 Å². The Morgan fingerprint density at radius 3 is 1.35 bits per heavy atom.